The predicted molar refractivity (Wildman–Crippen MR) is 95.9 cm³/mol. The lowest BCUT2D eigenvalue weighted by Crippen LogP contribution is -2.68. The van der Waals surface area contributed by atoms with Crippen molar-refractivity contribution in [1.29, 1.82) is 0 Å². The van der Waals surface area contributed by atoms with Gasteiger partial charge in [-0.2, -0.15) is 0 Å². The summed E-state index contributed by atoms with van der Waals surface area (Å²) in [5, 5.41) is 10.5. The first-order valence-electron chi connectivity index (χ1n) is 9.16. The molecule has 2 atom stereocenters. The molecule has 7 heteroatoms. The summed E-state index contributed by atoms with van der Waals surface area (Å²) in [5.41, 5.74) is 0.495. The standard InChI is InChI=1S/C19H23ClN2O4/c1-2-26-16-9-15(19(16)6-3-7-19)22-17(24)11-21(18(22)25)10-12-8-13(20)4-5-14(12)23/h4-5,8,15-16,23H,2-3,6-7,9-11H2,1H3/t15-,16+/m1/s1. The van der Waals surface area contributed by atoms with Crippen LogP contribution in [0, 0.1) is 5.41 Å². The van der Waals surface area contributed by atoms with Crippen molar-refractivity contribution >= 4 is 23.5 Å². The van der Waals surface area contributed by atoms with Gasteiger partial charge in [-0.05, 0) is 44.4 Å². The predicted octanol–water partition coefficient (Wildman–Crippen LogP) is 3.16. The van der Waals surface area contributed by atoms with E-state index in [1.165, 1.54) is 15.9 Å². The molecule has 3 aliphatic rings. The van der Waals surface area contributed by atoms with Gasteiger partial charge in [0.2, 0.25) is 0 Å². The molecule has 0 aromatic heterocycles. The number of imide groups is 1. The Morgan fingerprint density at radius 1 is 1.35 bits per heavy atom. The van der Waals surface area contributed by atoms with Crippen LogP contribution in [-0.2, 0) is 16.1 Å². The lowest BCUT2D eigenvalue weighted by Gasteiger charge is -2.62. The van der Waals surface area contributed by atoms with Crippen LogP contribution in [0.2, 0.25) is 5.02 Å². The van der Waals surface area contributed by atoms with Crippen molar-refractivity contribution < 1.29 is 19.4 Å². The molecular formula is C19H23ClN2O4. The van der Waals surface area contributed by atoms with E-state index in [1.54, 1.807) is 12.1 Å². The summed E-state index contributed by atoms with van der Waals surface area (Å²) >= 11 is 5.98. The van der Waals surface area contributed by atoms with Crippen LogP contribution in [0.25, 0.3) is 0 Å². The molecule has 0 bridgehead atoms. The molecule has 1 N–H and O–H groups in total. The Hall–Kier alpha value is -1.79. The number of phenols is 1. The van der Waals surface area contributed by atoms with Crippen molar-refractivity contribution in [3.05, 3.63) is 28.8 Å². The highest BCUT2D eigenvalue weighted by Gasteiger charge is 2.63. The smallest absolute Gasteiger partial charge is 0.327 e. The molecule has 1 saturated heterocycles. The Kier molecular flexibility index (Phi) is 4.35. The zero-order valence-electron chi connectivity index (χ0n) is 14.8. The average molecular weight is 379 g/mol. The molecule has 26 heavy (non-hydrogen) atoms. The quantitative estimate of drug-likeness (QED) is 0.799. The van der Waals surface area contributed by atoms with E-state index in [2.05, 4.69) is 0 Å². The van der Waals surface area contributed by atoms with E-state index in [0.29, 0.717) is 17.2 Å². The van der Waals surface area contributed by atoms with Crippen molar-refractivity contribution in [2.75, 3.05) is 13.2 Å². The van der Waals surface area contributed by atoms with Crippen LogP contribution in [0.15, 0.2) is 18.2 Å². The number of benzene rings is 1. The third kappa shape index (κ3) is 2.58. The van der Waals surface area contributed by atoms with Gasteiger partial charge in [-0.3, -0.25) is 9.69 Å². The van der Waals surface area contributed by atoms with Crippen molar-refractivity contribution in [1.82, 2.24) is 9.80 Å². The van der Waals surface area contributed by atoms with Gasteiger partial charge in [0.25, 0.3) is 5.91 Å². The number of rotatable bonds is 5. The summed E-state index contributed by atoms with van der Waals surface area (Å²) in [6, 6.07) is 4.37. The van der Waals surface area contributed by atoms with Crippen molar-refractivity contribution in [2.24, 2.45) is 5.41 Å². The first-order chi connectivity index (χ1) is 12.5. The van der Waals surface area contributed by atoms with Gasteiger partial charge >= 0.3 is 6.03 Å². The zero-order valence-corrected chi connectivity index (χ0v) is 15.5. The normalized spacial score (nSPS) is 27.0. The van der Waals surface area contributed by atoms with E-state index in [9.17, 15) is 14.7 Å². The zero-order chi connectivity index (χ0) is 18.5. The maximum absolute atomic E-state index is 12.9. The van der Waals surface area contributed by atoms with Crippen molar-refractivity contribution in [3.8, 4) is 5.75 Å². The van der Waals surface area contributed by atoms with E-state index in [1.807, 2.05) is 6.92 Å². The van der Waals surface area contributed by atoms with E-state index in [4.69, 9.17) is 16.3 Å². The molecule has 0 unspecified atom stereocenters. The van der Waals surface area contributed by atoms with Crippen molar-refractivity contribution in [2.45, 2.75) is 51.3 Å². The van der Waals surface area contributed by atoms with E-state index in [0.717, 1.165) is 25.7 Å². The van der Waals surface area contributed by atoms with Gasteiger partial charge in [0.15, 0.2) is 0 Å². The average Bonchev–Trinajstić information content (AvgIpc) is 2.80. The molecule has 3 amide bonds. The molecule has 6 nitrogen and oxygen atoms in total. The molecule has 1 aliphatic heterocycles. The summed E-state index contributed by atoms with van der Waals surface area (Å²) in [6.07, 6.45) is 4.01. The number of aromatic hydroxyl groups is 1. The Morgan fingerprint density at radius 3 is 2.77 bits per heavy atom. The number of amides is 3. The van der Waals surface area contributed by atoms with Crippen LogP contribution in [0.4, 0.5) is 4.79 Å². The molecule has 4 rings (SSSR count). The number of carbonyl (C=O) groups is 2. The molecule has 1 spiro atoms. The second-order valence-electron chi connectivity index (χ2n) is 7.46. The second kappa shape index (κ2) is 6.43. The lowest BCUT2D eigenvalue weighted by molar-refractivity contribution is -0.195. The Balaban J connectivity index is 1.50. The van der Waals surface area contributed by atoms with Crippen molar-refractivity contribution in [3.63, 3.8) is 0 Å². The topological polar surface area (TPSA) is 70.1 Å². The maximum Gasteiger partial charge on any atom is 0.327 e. The van der Waals surface area contributed by atoms with E-state index in [-0.39, 0.29) is 48.3 Å². The van der Waals surface area contributed by atoms with Crippen LogP contribution < -0.4 is 0 Å². The van der Waals surface area contributed by atoms with Gasteiger partial charge < -0.3 is 14.7 Å². The second-order valence-corrected chi connectivity index (χ2v) is 7.89. The minimum atomic E-state index is -0.277. The summed E-state index contributed by atoms with van der Waals surface area (Å²) in [5.74, 6) is -0.0913. The first-order valence-corrected chi connectivity index (χ1v) is 9.54. The minimum Gasteiger partial charge on any atom is -0.508 e. The van der Waals surface area contributed by atoms with Crippen LogP contribution in [0.1, 0.15) is 38.2 Å². The van der Waals surface area contributed by atoms with Crippen LogP contribution >= 0.6 is 11.6 Å². The van der Waals surface area contributed by atoms with Crippen LogP contribution in [-0.4, -0.2) is 52.1 Å². The largest absolute Gasteiger partial charge is 0.508 e. The number of nitrogens with zero attached hydrogens (tertiary/aromatic N) is 2. The molecule has 0 radical (unpaired) electrons. The summed E-state index contributed by atoms with van der Waals surface area (Å²) in [4.78, 5) is 28.4. The third-order valence-electron chi connectivity index (χ3n) is 6.18. The highest BCUT2D eigenvalue weighted by Crippen LogP contribution is 2.59. The Bertz CT molecular complexity index is 749. The summed E-state index contributed by atoms with van der Waals surface area (Å²) in [7, 11) is 0. The van der Waals surface area contributed by atoms with Crippen LogP contribution in [0.3, 0.4) is 0 Å². The molecular weight excluding hydrogens is 356 g/mol. The fourth-order valence-electron chi connectivity index (χ4n) is 4.65. The summed E-state index contributed by atoms with van der Waals surface area (Å²) in [6.45, 7) is 2.84. The Morgan fingerprint density at radius 2 is 2.12 bits per heavy atom. The van der Waals surface area contributed by atoms with Gasteiger partial charge in [0.05, 0.1) is 18.7 Å². The van der Waals surface area contributed by atoms with Gasteiger partial charge in [-0.25, -0.2) is 4.79 Å². The van der Waals surface area contributed by atoms with E-state index >= 15 is 0 Å². The first kappa shape index (κ1) is 17.6. The highest BCUT2D eigenvalue weighted by atomic mass is 35.5. The molecule has 2 saturated carbocycles. The minimum absolute atomic E-state index is 0.0384. The number of urea groups is 1. The SMILES string of the molecule is CCO[C@H]1C[C@@H](N2C(=O)CN(Cc3cc(Cl)ccc3O)C2=O)C12CCC2. The summed E-state index contributed by atoms with van der Waals surface area (Å²) < 4.78 is 5.84. The molecule has 3 fully saturated rings. The molecule has 1 aromatic rings. The monoisotopic (exact) mass is 378 g/mol. The van der Waals surface area contributed by atoms with E-state index < -0.39 is 0 Å². The number of ether oxygens (including phenoxy) is 1. The van der Waals surface area contributed by atoms with Gasteiger partial charge in [0.1, 0.15) is 12.3 Å². The highest BCUT2D eigenvalue weighted by molar-refractivity contribution is 6.30. The van der Waals surface area contributed by atoms with Gasteiger partial charge in [-0.1, -0.05) is 18.0 Å². The van der Waals surface area contributed by atoms with Gasteiger partial charge in [-0.15, -0.1) is 0 Å². The Labute approximate surface area is 157 Å². The fourth-order valence-corrected chi connectivity index (χ4v) is 4.84. The number of hydrogen-bond donors (Lipinski definition) is 1. The number of carbonyl (C=O) groups excluding carboxylic acids is 2. The fraction of sp³-hybridized carbons (Fsp3) is 0.579. The lowest BCUT2D eigenvalue weighted by atomic mass is 9.50. The number of hydrogen-bond acceptors (Lipinski definition) is 4. The molecule has 1 aromatic carbocycles. The molecule has 2 aliphatic carbocycles. The molecule has 1 heterocycles. The third-order valence-corrected chi connectivity index (χ3v) is 6.42. The number of phenolic OH excluding ortho intramolecular Hbond substituents is 1. The van der Waals surface area contributed by atoms with Crippen LogP contribution in [0.5, 0.6) is 5.75 Å². The van der Waals surface area contributed by atoms with Gasteiger partial charge in [0, 0.05) is 22.6 Å². The number of halogens is 1. The molecule has 140 valence electrons. The maximum atomic E-state index is 12.9.